The summed E-state index contributed by atoms with van der Waals surface area (Å²) >= 11 is 0. The number of morpholine rings is 1. The molecule has 0 spiro atoms. The second-order valence-corrected chi connectivity index (χ2v) is 4.11. The summed E-state index contributed by atoms with van der Waals surface area (Å²) in [7, 11) is 0. The molecule has 0 aliphatic carbocycles. The molecule has 1 aliphatic heterocycles. The van der Waals surface area contributed by atoms with Crippen LogP contribution in [0, 0.1) is 0 Å². The van der Waals surface area contributed by atoms with Crippen molar-refractivity contribution >= 4 is 11.6 Å². The van der Waals surface area contributed by atoms with Crippen LogP contribution in [0.2, 0.25) is 0 Å². The largest absolute Gasteiger partial charge is 0.384 e. The van der Waals surface area contributed by atoms with Crippen LogP contribution in [0.4, 0.5) is 11.6 Å². The average Bonchev–Trinajstić information content (AvgIpc) is 2.37. The predicted octanol–water partition coefficient (Wildman–Crippen LogP) is 1.13. The molecule has 0 bridgehead atoms. The molecule has 1 aliphatic rings. The van der Waals surface area contributed by atoms with Gasteiger partial charge in [0, 0.05) is 19.6 Å². The zero-order valence-electron chi connectivity index (χ0n) is 10.3. The fourth-order valence-electron chi connectivity index (χ4n) is 1.99. The maximum absolute atomic E-state index is 5.74. The van der Waals surface area contributed by atoms with Crippen molar-refractivity contribution in [2.75, 3.05) is 43.6 Å². The van der Waals surface area contributed by atoms with E-state index in [-0.39, 0.29) is 0 Å². The van der Waals surface area contributed by atoms with Crippen molar-refractivity contribution < 1.29 is 4.74 Å². The van der Waals surface area contributed by atoms with Crippen LogP contribution in [-0.2, 0) is 4.74 Å². The molecule has 1 aromatic heterocycles. The van der Waals surface area contributed by atoms with Gasteiger partial charge in [-0.3, -0.25) is 5.01 Å². The summed E-state index contributed by atoms with van der Waals surface area (Å²) < 4.78 is 5.37. The van der Waals surface area contributed by atoms with E-state index in [4.69, 9.17) is 10.5 Å². The maximum atomic E-state index is 5.74. The molecule has 2 heterocycles. The first-order chi connectivity index (χ1) is 8.31. The molecule has 1 saturated heterocycles. The van der Waals surface area contributed by atoms with Gasteiger partial charge in [-0.05, 0) is 18.6 Å². The molecule has 17 heavy (non-hydrogen) atoms. The quantitative estimate of drug-likeness (QED) is 0.849. The molecule has 5 heteroatoms. The normalized spacial score (nSPS) is 17.0. The van der Waals surface area contributed by atoms with E-state index in [9.17, 15) is 0 Å². The highest BCUT2D eigenvalue weighted by Gasteiger charge is 2.19. The van der Waals surface area contributed by atoms with Crippen molar-refractivity contribution in [3.05, 3.63) is 18.2 Å². The summed E-state index contributed by atoms with van der Waals surface area (Å²) in [6.07, 6.45) is 1.08. The molecule has 0 unspecified atom stereocenters. The molecule has 94 valence electrons. The Kier molecular flexibility index (Phi) is 4.17. The SMILES string of the molecule is CCCN(c1cccc(N)n1)N1CCOCC1. The minimum atomic E-state index is 0.567. The first-order valence-electron chi connectivity index (χ1n) is 6.14. The van der Waals surface area contributed by atoms with Crippen LogP contribution < -0.4 is 10.7 Å². The molecule has 2 N–H and O–H groups in total. The molecule has 0 aromatic carbocycles. The van der Waals surface area contributed by atoms with E-state index in [1.807, 2.05) is 18.2 Å². The predicted molar refractivity (Wildman–Crippen MR) is 68.7 cm³/mol. The molecule has 0 amide bonds. The number of rotatable bonds is 4. The van der Waals surface area contributed by atoms with Gasteiger partial charge in [0.25, 0.3) is 0 Å². The van der Waals surface area contributed by atoms with Gasteiger partial charge in [-0.25, -0.2) is 9.99 Å². The van der Waals surface area contributed by atoms with E-state index in [0.717, 1.165) is 45.1 Å². The third kappa shape index (κ3) is 3.08. The number of nitrogens with two attached hydrogens (primary N) is 1. The van der Waals surface area contributed by atoms with E-state index < -0.39 is 0 Å². The molecule has 0 atom stereocenters. The topological polar surface area (TPSA) is 54.6 Å². The van der Waals surface area contributed by atoms with Gasteiger partial charge in [0.2, 0.25) is 0 Å². The number of ether oxygens (including phenoxy) is 1. The van der Waals surface area contributed by atoms with E-state index >= 15 is 0 Å². The van der Waals surface area contributed by atoms with Crippen LogP contribution in [0.25, 0.3) is 0 Å². The fraction of sp³-hybridized carbons (Fsp3) is 0.583. The second-order valence-electron chi connectivity index (χ2n) is 4.11. The van der Waals surface area contributed by atoms with Crippen molar-refractivity contribution in [1.29, 1.82) is 0 Å². The Morgan fingerprint density at radius 3 is 2.82 bits per heavy atom. The van der Waals surface area contributed by atoms with Gasteiger partial charge in [0.1, 0.15) is 11.6 Å². The first-order valence-corrected chi connectivity index (χ1v) is 6.14. The Balaban J connectivity index is 2.15. The standard InChI is InChI=1S/C12H20N4O/c1-2-6-16(15-7-9-17-10-8-15)12-5-3-4-11(13)14-12/h3-5H,2,6-10H2,1H3,(H2,13,14). The molecular formula is C12H20N4O. The zero-order chi connectivity index (χ0) is 12.1. The Bertz CT molecular complexity index is 352. The van der Waals surface area contributed by atoms with Crippen LogP contribution in [-0.4, -0.2) is 42.8 Å². The smallest absolute Gasteiger partial charge is 0.145 e. The first kappa shape index (κ1) is 12.1. The van der Waals surface area contributed by atoms with Crippen LogP contribution >= 0.6 is 0 Å². The maximum Gasteiger partial charge on any atom is 0.145 e. The molecule has 2 rings (SSSR count). The van der Waals surface area contributed by atoms with E-state index in [2.05, 4.69) is 21.9 Å². The van der Waals surface area contributed by atoms with E-state index in [1.54, 1.807) is 0 Å². The number of pyridine rings is 1. The van der Waals surface area contributed by atoms with Gasteiger partial charge in [-0.2, -0.15) is 0 Å². The van der Waals surface area contributed by atoms with Crippen LogP contribution in [0.3, 0.4) is 0 Å². The minimum absolute atomic E-state index is 0.567. The third-order valence-electron chi connectivity index (χ3n) is 2.78. The Morgan fingerprint density at radius 2 is 2.18 bits per heavy atom. The lowest BCUT2D eigenvalue weighted by atomic mass is 10.4. The lowest BCUT2D eigenvalue weighted by Gasteiger charge is -2.38. The Hall–Kier alpha value is -1.33. The molecule has 5 nitrogen and oxygen atoms in total. The molecular weight excluding hydrogens is 216 g/mol. The highest BCUT2D eigenvalue weighted by molar-refractivity contribution is 5.43. The lowest BCUT2D eigenvalue weighted by Crippen LogP contribution is -2.49. The number of hydrogen-bond acceptors (Lipinski definition) is 5. The number of hydrazine groups is 1. The van der Waals surface area contributed by atoms with Crippen LogP contribution in [0.1, 0.15) is 13.3 Å². The highest BCUT2D eigenvalue weighted by atomic mass is 16.5. The lowest BCUT2D eigenvalue weighted by molar-refractivity contribution is 0.0312. The van der Waals surface area contributed by atoms with Crippen LogP contribution in [0.15, 0.2) is 18.2 Å². The van der Waals surface area contributed by atoms with Crippen molar-refractivity contribution in [2.24, 2.45) is 0 Å². The molecule has 1 fully saturated rings. The number of nitrogens with zero attached hydrogens (tertiary/aromatic N) is 3. The summed E-state index contributed by atoms with van der Waals surface area (Å²) in [6.45, 7) is 6.51. The van der Waals surface area contributed by atoms with Gasteiger partial charge in [-0.15, -0.1) is 0 Å². The summed E-state index contributed by atoms with van der Waals surface area (Å²) in [5.41, 5.74) is 5.74. The van der Waals surface area contributed by atoms with E-state index in [1.165, 1.54) is 0 Å². The van der Waals surface area contributed by atoms with Crippen LogP contribution in [0.5, 0.6) is 0 Å². The van der Waals surface area contributed by atoms with E-state index in [0.29, 0.717) is 5.82 Å². The van der Waals surface area contributed by atoms with Crippen molar-refractivity contribution in [1.82, 2.24) is 9.99 Å². The fourth-order valence-corrected chi connectivity index (χ4v) is 1.99. The van der Waals surface area contributed by atoms with Crippen molar-refractivity contribution in [3.8, 4) is 0 Å². The van der Waals surface area contributed by atoms with Gasteiger partial charge < -0.3 is 10.5 Å². The third-order valence-corrected chi connectivity index (χ3v) is 2.78. The summed E-state index contributed by atoms with van der Waals surface area (Å²) in [6, 6.07) is 5.76. The number of hydrogen-bond donors (Lipinski definition) is 1. The van der Waals surface area contributed by atoms with Crippen molar-refractivity contribution in [2.45, 2.75) is 13.3 Å². The second kappa shape index (κ2) is 5.84. The molecule has 1 aromatic rings. The number of aromatic nitrogens is 1. The number of nitrogen functional groups attached to an aromatic ring is 1. The molecule has 0 saturated carbocycles. The van der Waals surface area contributed by atoms with Crippen molar-refractivity contribution in [3.63, 3.8) is 0 Å². The summed E-state index contributed by atoms with van der Waals surface area (Å²) in [4.78, 5) is 4.39. The highest BCUT2D eigenvalue weighted by Crippen LogP contribution is 2.16. The van der Waals surface area contributed by atoms with Gasteiger partial charge in [0.05, 0.1) is 13.2 Å². The number of anilines is 2. The Labute approximate surface area is 102 Å². The summed E-state index contributed by atoms with van der Waals surface area (Å²) in [5, 5.41) is 4.49. The van der Waals surface area contributed by atoms with Gasteiger partial charge >= 0.3 is 0 Å². The minimum Gasteiger partial charge on any atom is -0.384 e. The molecule has 0 radical (unpaired) electrons. The average molecular weight is 236 g/mol. The zero-order valence-corrected chi connectivity index (χ0v) is 10.3. The van der Waals surface area contributed by atoms with Gasteiger partial charge in [0.15, 0.2) is 0 Å². The Morgan fingerprint density at radius 1 is 1.41 bits per heavy atom. The van der Waals surface area contributed by atoms with Gasteiger partial charge in [-0.1, -0.05) is 13.0 Å². The summed E-state index contributed by atoms with van der Waals surface area (Å²) in [5.74, 6) is 1.49. The monoisotopic (exact) mass is 236 g/mol.